The summed E-state index contributed by atoms with van der Waals surface area (Å²) in [5.74, 6) is -0.513. The number of nitrogens with one attached hydrogen (secondary N) is 1. The van der Waals surface area contributed by atoms with E-state index in [4.69, 9.17) is 10.5 Å². The number of halogens is 1. The number of ether oxygens (including phenoxy) is 1. The van der Waals surface area contributed by atoms with Crippen molar-refractivity contribution in [3.05, 3.63) is 38.3 Å². The first-order valence-electron chi connectivity index (χ1n) is 5.51. The molecule has 1 aromatic carbocycles. The smallest absolute Gasteiger partial charge is 0.283 e. The van der Waals surface area contributed by atoms with Gasteiger partial charge in [-0.15, -0.1) is 0 Å². The molecule has 0 aromatic heterocycles. The van der Waals surface area contributed by atoms with E-state index in [0.29, 0.717) is 24.2 Å². The van der Waals surface area contributed by atoms with Gasteiger partial charge < -0.3 is 15.8 Å². The lowest BCUT2D eigenvalue weighted by molar-refractivity contribution is -0.385. The van der Waals surface area contributed by atoms with Crippen LogP contribution in [0.3, 0.4) is 0 Å². The van der Waals surface area contributed by atoms with Gasteiger partial charge in [0.25, 0.3) is 5.69 Å². The van der Waals surface area contributed by atoms with E-state index in [1.165, 1.54) is 6.07 Å². The molecular formula is C11H14BrN3O4. The lowest BCUT2D eigenvalue weighted by Crippen LogP contribution is -2.23. The van der Waals surface area contributed by atoms with E-state index < -0.39 is 10.8 Å². The lowest BCUT2D eigenvalue weighted by atomic mass is 10.2. The number of hydrogen-bond acceptors (Lipinski definition) is 5. The Morgan fingerprint density at radius 2 is 2.26 bits per heavy atom. The Morgan fingerprint density at radius 3 is 2.89 bits per heavy atom. The van der Waals surface area contributed by atoms with Crippen molar-refractivity contribution in [2.75, 3.05) is 19.8 Å². The summed E-state index contributed by atoms with van der Waals surface area (Å²) >= 11 is 3.21. The Labute approximate surface area is 118 Å². The first-order valence-corrected chi connectivity index (χ1v) is 6.30. The molecule has 19 heavy (non-hydrogen) atoms. The van der Waals surface area contributed by atoms with Crippen molar-refractivity contribution in [3.63, 3.8) is 0 Å². The van der Waals surface area contributed by atoms with Gasteiger partial charge in [0.2, 0.25) is 5.91 Å². The molecule has 0 unspecified atom stereocenters. The Morgan fingerprint density at radius 1 is 1.53 bits per heavy atom. The summed E-state index contributed by atoms with van der Waals surface area (Å²) in [5, 5.41) is 13.8. The minimum atomic E-state index is -0.513. The third-order valence-electron chi connectivity index (χ3n) is 2.24. The van der Waals surface area contributed by atoms with Gasteiger partial charge in [-0.1, -0.05) is 12.1 Å². The second-order valence-electron chi connectivity index (χ2n) is 3.70. The molecule has 7 nitrogen and oxygen atoms in total. The number of nitrogens with two attached hydrogens (primary N) is 1. The van der Waals surface area contributed by atoms with Crippen molar-refractivity contribution in [2.45, 2.75) is 6.54 Å². The Bertz CT molecular complexity index is 467. The summed E-state index contributed by atoms with van der Waals surface area (Å²) < 4.78 is 5.43. The lowest BCUT2D eigenvalue weighted by Gasteiger charge is -2.07. The number of carbonyl (C=O) groups excluding carboxylic acids is 1. The first kappa shape index (κ1) is 15.5. The van der Waals surface area contributed by atoms with E-state index in [2.05, 4.69) is 21.2 Å². The minimum Gasteiger partial charge on any atom is -0.370 e. The number of amides is 1. The van der Waals surface area contributed by atoms with E-state index in [1.807, 2.05) is 0 Å². The van der Waals surface area contributed by atoms with Gasteiger partial charge in [-0.05, 0) is 21.5 Å². The standard InChI is InChI=1S/C11H14BrN3O4/c12-11-8(2-1-3-9(11)15(17)18)6-14-4-5-19-7-10(13)16/h1-3,14H,4-7H2,(H2,13,16). The van der Waals surface area contributed by atoms with Crippen molar-refractivity contribution in [1.29, 1.82) is 0 Å². The van der Waals surface area contributed by atoms with E-state index in [1.54, 1.807) is 12.1 Å². The van der Waals surface area contributed by atoms with E-state index in [-0.39, 0.29) is 12.3 Å². The number of nitrogens with zero attached hydrogens (tertiary/aromatic N) is 1. The average molecular weight is 332 g/mol. The normalized spacial score (nSPS) is 10.4. The summed E-state index contributed by atoms with van der Waals surface area (Å²) in [4.78, 5) is 20.7. The van der Waals surface area contributed by atoms with Gasteiger partial charge >= 0.3 is 0 Å². The highest BCUT2D eigenvalue weighted by Gasteiger charge is 2.14. The Balaban J connectivity index is 2.39. The average Bonchev–Trinajstić information content (AvgIpc) is 2.34. The zero-order chi connectivity index (χ0) is 14.3. The molecule has 1 rings (SSSR count). The zero-order valence-corrected chi connectivity index (χ0v) is 11.7. The highest BCUT2D eigenvalue weighted by molar-refractivity contribution is 9.10. The number of benzene rings is 1. The molecule has 0 saturated heterocycles. The molecule has 0 fully saturated rings. The molecule has 0 spiro atoms. The number of nitro benzene ring substituents is 1. The molecular weight excluding hydrogens is 318 g/mol. The van der Waals surface area contributed by atoms with Crippen LogP contribution in [-0.4, -0.2) is 30.6 Å². The molecule has 3 N–H and O–H groups in total. The van der Waals surface area contributed by atoms with Crippen molar-refractivity contribution in [2.24, 2.45) is 5.73 Å². The highest BCUT2D eigenvalue weighted by Crippen LogP contribution is 2.27. The van der Waals surface area contributed by atoms with Gasteiger partial charge in [0.15, 0.2) is 0 Å². The van der Waals surface area contributed by atoms with Crippen molar-refractivity contribution >= 4 is 27.5 Å². The molecule has 1 amide bonds. The Kier molecular flexibility index (Phi) is 6.40. The van der Waals surface area contributed by atoms with Gasteiger partial charge in [-0.25, -0.2) is 0 Å². The second-order valence-corrected chi connectivity index (χ2v) is 4.50. The van der Waals surface area contributed by atoms with Gasteiger partial charge in [-0.2, -0.15) is 0 Å². The fourth-order valence-corrected chi connectivity index (χ4v) is 1.93. The Hall–Kier alpha value is -1.51. The van der Waals surface area contributed by atoms with Crippen LogP contribution >= 0.6 is 15.9 Å². The van der Waals surface area contributed by atoms with Crippen molar-refractivity contribution < 1.29 is 14.5 Å². The molecule has 104 valence electrons. The highest BCUT2D eigenvalue weighted by atomic mass is 79.9. The van der Waals surface area contributed by atoms with Crippen LogP contribution in [0.4, 0.5) is 5.69 Å². The van der Waals surface area contributed by atoms with Gasteiger partial charge in [0.05, 0.1) is 16.0 Å². The molecule has 0 heterocycles. The SMILES string of the molecule is NC(=O)COCCNCc1cccc([N+](=O)[O-])c1Br. The molecule has 8 heteroatoms. The largest absolute Gasteiger partial charge is 0.370 e. The van der Waals surface area contributed by atoms with Gasteiger partial charge in [0, 0.05) is 19.2 Å². The topological polar surface area (TPSA) is 107 Å². The maximum absolute atomic E-state index is 10.7. The summed E-state index contributed by atoms with van der Waals surface area (Å²) in [5.41, 5.74) is 5.72. The number of rotatable bonds is 8. The molecule has 0 aliphatic rings. The van der Waals surface area contributed by atoms with Crippen LogP contribution in [0.15, 0.2) is 22.7 Å². The summed E-state index contributed by atoms with van der Waals surface area (Å²) in [6.45, 7) is 1.21. The van der Waals surface area contributed by atoms with E-state index >= 15 is 0 Å². The van der Waals surface area contributed by atoms with Crippen LogP contribution in [0.2, 0.25) is 0 Å². The van der Waals surface area contributed by atoms with Crippen LogP contribution in [0.25, 0.3) is 0 Å². The molecule has 0 aliphatic heterocycles. The molecule has 1 aromatic rings. The van der Waals surface area contributed by atoms with Crippen LogP contribution in [0.1, 0.15) is 5.56 Å². The predicted octanol–water partition coefficient (Wildman–Crippen LogP) is 0.949. The zero-order valence-electron chi connectivity index (χ0n) is 10.1. The van der Waals surface area contributed by atoms with E-state index in [0.717, 1.165) is 5.56 Å². The van der Waals surface area contributed by atoms with Gasteiger partial charge in [-0.3, -0.25) is 14.9 Å². The van der Waals surface area contributed by atoms with E-state index in [9.17, 15) is 14.9 Å². The number of carbonyl (C=O) groups is 1. The fourth-order valence-electron chi connectivity index (χ4n) is 1.38. The van der Waals surface area contributed by atoms with Gasteiger partial charge in [0.1, 0.15) is 6.61 Å². The first-order chi connectivity index (χ1) is 9.02. The second kappa shape index (κ2) is 7.82. The molecule has 0 radical (unpaired) electrons. The quantitative estimate of drug-likeness (QED) is 0.419. The molecule has 0 bridgehead atoms. The summed E-state index contributed by atoms with van der Waals surface area (Å²) in [6, 6.07) is 4.85. The fraction of sp³-hybridized carbons (Fsp3) is 0.364. The monoisotopic (exact) mass is 331 g/mol. The molecule has 0 atom stereocenters. The third kappa shape index (κ3) is 5.33. The van der Waals surface area contributed by atoms with Crippen LogP contribution < -0.4 is 11.1 Å². The van der Waals surface area contributed by atoms with Crippen LogP contribution in [0.5, 0.6) is 0 Å². The van der Waals surface area contributed by atoms with Crippen molar-refractivity contribution in [1.82, 2.24) is 5.32 Å². The number of primary amides is 1. The van der Waals surface area contributed by atoms with Crippen LogP contribution in [-0.2, 0) is 16.1 Å². The summed E-state index contributed by atoms with van der Waals surface area (Å²) in [7, 11) is 0. The summed E-state index contributed by atoms with van der Waals surface area (Å²) in [6.07, 6.45) is 0. The number of hydrogen-bond donors (Lipinski definition) is 2. The third-order valence-corrected chi connectivity index (χ3v) is 3.15. The number of nitro groups is 1. The maximum atomic E-state index is 10.7. The molecule has 0 saturated carbocycles. The van der Waals surface area contributed by atoms with Crippen molar-refractivity contribution in [3.8, 4) is 0 Å². The maximum Gasteiger partial charge on any atom is 0.283 e. The minimum absolute atomic E-state index is 0.0317. The van der Waals surface area contributed by atoms with Crippen LogP contribution in [0, 0.1) is 10.1 Å². The predicted molar refractivity (Wildman–Crippen MR) is 72.5 cm³/mol. The molecule has 0 aliphatic carbocycles.